The summed E-state index contributed by atoms with van der Waals surface area (Å²) in [6.45, 7) is 15.7. The molecule has 3 aliphatic heterocycles. The van der Waals surface area contributed by atoms with E-state index >= 15 is 0 Å². The van der Waals surface area contributed by atoms with Crippen LogP contribution in [0.1, 0.15) is 69.7 Å². The van der Waals surface area contributed by atoms with Gasteiger partial charge in [0.1, 0.15) is 67.1 Å². The first-order valence-electron chi connectivity index (χ1n) is 15.3. The molecule has 3 heterocycles. The lowest BCUT2D eigenvalue weighted by Gasteiger charge is -2.45. The summed E-state index contributed by atoms with van der Waals surface area (Å²) in [5, 5.41) is 113. The van der Waals surface area contributed by atoms with Crippen LogP contribution in [-0.4, -0.2) is 172 Å². The van der Waals surface area contributed by atoms with E-state index in [1.165, 1.54) is 0 Å². The molecule has 0 spiro atoms. The fourth-order valence-electron chi connectivity index (χ4n) is 5.44. The van der Waals surface area contributed by atoms with Gasteiger partial charge in [-0.05, 0) is 16.2 Å². The minimum absolute atomic E-state index is 0. The van der Waals surface area contributed by atoms with E-state index in [1.807, 2.05) is 41.5 Å². The van der Waals surface area contributed by atoms with Gasteiger partial charge in [-0.15, -0.1) is 0 Å². The van der Waals surface area contributed by atoms with E-state index in [1.54, 1.807) is 20.8 Å². The highest BCUT2D eigenvalue weighted by Gasteiger charge is 2.51. The van der Waals surface area contributed by atoms with Crippen LogP contribution in [0.4, 0.5) is 0 Å². The fourth-order valence-corrected chi connectivity index (χ4v) is 5.44. The van der Waals surface area contributed by atoms with Gasteiger partial charge in [-0.2, -0.15) is 0 Å². The van der Waals surface area contributed by atoms with Crippen LogP contribution in [0.15, 0.2) is 0 Å². The number of ether oxygens (including phenoxy) is 3. The Morgan fingerprint density at radius 2 is 0.723 bits per heavy atom. The Bertz CT molecular complexity index is 880. The summed E-state index contributed by atoms with van der Waals surface area (Å²) in [5.41, 5.74) is -1.27. The van der Waals surface area contributed by atoms with Gasteiger partial charge < -0.3 is 75.5 Å². The third-order valence-electron chi connectivity index (χ3n) is 8.20. The van der Waals surface area contributed by atoms with Crippen LogP contribution >= 0.6 is 0 Å². The van der Waals surface area contributed by atoms with E-state index in [4.69, 9.17) is 29.5 Å². The molecule has 0 aromatic heterocycles. The Morgan fingerprint density at radius 3 is 0.957 bits per heavy atom. The summed E-state index contributed by atoms with van der Waals surface area (Å²) >= 11 is 0. The van der Waals surface area contributed by atoms with Crippen LogP contribution in [0.3, 0.4) is 0 Å². The van der Waals surface area contributed by atoms with E-state index in [2.05, 4.69) is 0 Å². The standard InChI is InChI=1S/C10H18O6.2C10H20O5.CH4/c1-10(2,3)8-6(13)4(11)5(12)7(16-8)9(14)15;2*1-10(2,3)9-8(14)7(13)6(12)5(4-11)15-9;/h4-8,11-13H,1-3H3,(H,14,15);2*5-9,11-14H,4H2,1-3H3;1H4. The Labute approximate surface area is 277 Å². The van der Waals surface area contributed by atoms with Crippen molar-refractivity contribution >= 4 is 5.97 Å². The van der Waals surface area contributed by atoms with Gasteiger partial charge in [0.15, 0.2) is 6.10 Å². The Morgan fingerprint density at radius 1 is 0.468 bits per heavy atom. The number of carbonyl (C=O) groups is 1. The molecule has 3 saturated heterocycles. The maximum absolute atomic E-state index is 10.8. The molecule has 0 amide bonds. The molecule has 0 aliphatic carbocycles. The third-order valence-corrected chi connectivity index (χ3v) is 8.20. The highest BCUT2D eigenvalue weighted by molar-refractivity contribution is 5.73. The SMILES string of the molecule is C.CC(C)(C)C1OC(C(=O)O)C(O)C(O)C1O.CC(C)(C)C1OC(CO)C(O)C(O)C1O.CC(C)(C)C1OC(CO)C(O)C(O)C1O. The molecule has 0 bridgehead atoms. The van der Waals surface area contributed by atoms with Crippen LogP contribution in [0.5, 0.6) is 0 Å². The molecule has 0 radical (unpaired) electrons. The minimum atomic E-state index is -1.62. The number of rotatable bonds is 3. The first-order chi connectivity index (χ1) is 20.7. The van der Waals surface area contributed by atoms with Gasteiger partial charge in [0.25, 0.3) is 0 Å². The molecule has 3 rings (SSSR count). The van der Waals surface area contributed by atoms with Gasteiger partial charge in [-0.25, -0.2) is 4.79 Å². The van der Waals surface area contributed by atoms with Gasteiger partial charge in [0.2, 0.25) is 0 Å². The van der Waals surface area contributed by atoms with Crippen molar-refractivity contribution < 1.29 is 80.3 Å². The van der Waals surface area contributed by atoms with Gasteiger partial charge in [0.05, 0.1) is 31.5 Å². The van der Waals surface area contributed by atoms with Crippen LogP contribution < -0.4 is 0 Å². The molecule has 3 fully saturated rings. The van der Waals surface area contributed by atoms with Gasteiger partial charge in [-0.3, -0.25) is 0 Å². The third kappa shape index (κ3) is 11.5. The molecular weight excluding hydrogens is 628 g/mol. The molecule has 16 heteroatoms. The molecule has 12 N–H and O–H groups in total. The molecule has 15 unspecified atom stereocenters. The summed E-state index contributed by atoms with van der Waals surface area (Å²) in [5.74, 6) is -1.35. The second-order valence-electron chi connectivity index (χ2n) is 15.4. The average molecular weight is 691 g/mol. The Kier molecular flexibility index (Phi) is 17.3. The van der Waals surface area contributed by atoms with Crippen molar-refractivity contribution in [3.05, 3.63) is 0 Å². The van der Waals surface area contributed by atoms with Crippen LogP contribution in [0.25, 0.3) is 0 Å². The molecule has 0 saturated carbocycles. The first-order valence-corrected chi connectivity index (χ1v) is 15.3. The summed E-state index contributed by atoms with van der Waals surface area (Å²) in [4.78, 5) is 10.8. The number of aliphatic hydroxyl groups is 11. The lowest BCUT2D eigenvalue weighted by atomic mass is 9.80. The molecule has 47 heavy (non-hydrogen) atoms. The number of aliphatic hydroxyl groups excluding tert-OH is 11. The number of hydrogen-bond acceptors (Lipinski definition) is 15. The molecular formula is C31H62O16. The van der Waals surface area contributed by atoms with E-state index in [-0.39, 0.29) is 31.5 Å². The lowest BCUT2D eigenvalue weighted by molar-refractivity contribution is -0.250. The molecule has 15 atom stereocenters. The average Bonchev–Trinajstić information content (AvgIpc) is 2.92. The lowest BCUT2D eigenvalue weighted by Crippen LogP contribution is -2.62. The second kappa shape index (κ2) is 17.7. The van der Waals surface area contributed by atoms with Crippen molar-refractivity contribution in [1.82, 2.24) is 0 Å². The van der Waals surface area contributed by atoms with Crippen LogP contribution in [0, 0.1) is 16.2 Å². The number of carboxylic acid groups (broad SMARTS) is 1. The van der Waals surface area contributed by atoms with E-state index in [0.717, 1.165) is 0 Å². The number of hydrogen-bond donors (Lipinski definition) is 12. The largest absolute Gasteiger partial charge is 0.479 e. The Hall–Kier alpha value is -1.09. The first kappa shape index (κ1) is 45.9. The van der Waals surface area contributed by atoms with Crippen molar-refractivity contribution in [3.63, 3.8) is 0 Å². The van der Waals surface area contributed by atoms with Gasteiger partial charge >= 0.3 is 5.97 Å². The summed E-state index contributed by atoms with van der Waals surface area (Å²) in [6.07, 6.45) is -17.0. The smallest absolute Gasteiger partial charge is 0.335 e. The van der Waals surface area contributed by atoms with Crippen molar-refractivity contribution in [2.75, 3.05) is 13.2 Å². The topological polar surface area (TPSA) is 288 Å². The molecule has 3 aliphatic rings. The van der Waals surface area contributed by atoms with Crippen LogP contribution in [-0.2, 0) is 19.0 Å². The van der Waals surface area contributed by atoms with Gasteiger partial charge in [-0.1, -0.05) is 69.7 Å². The molecule has 0 aromatic rings. The van der Waals surface area contributed by atoms with Crippen LogP contribution in [0.2, 0.25) is 0 Å². The number of aliphatic carboxylic acids is 1. The maximum Gasteiger partial charge on any atom is 0.335 e. The van der Waals surface area contributed by atoms with E-state index < -0.39 is 103 Å². The van der Waals surface area contributed by atoms with Crippen molar-refractivity contribution in [3.8, 4) is 0 Å². The van der Waals surface area contributed by atoms with E-state index in [9.17, 15) is 50.8 Å². The Balaban J connectivity index is 0.000000669. The van der Waals surface area contributed by atoms with Crippen molar-refractivity contribution in [1.29, 1.82) is 0 Å². The summed E-state index contributed by atoms with van der Waals surface area (Å²) < 4.78 is 15.9. The van der Waals surface area contributed by atoms with Gasteiger partial charge in [0, 0.05) is 0 Å². The number of carboxylic acids is 1. The zero-order valence-electron chi connectivity index (χ0n) is 28.1. The second-order valence-corrected chi connectivity index (χ2v) is 15.4. The van der Waals surface area contributed by atoms with Crippen molar-refractivity contribution in [2.45, 2.75) is 161 Å². The molecule has 16 nitrogen and oxygen atoms in total. The van der Waals surface area contributed by atoms with Crippen molar-refractivity contribution in [2.24, 2.45) is 16.2 Å². The zero-order chi connectivity index (χ0) is 36.3. The zero-order valence-corrected chi connectivity index (χ0v) is 28.1. The molecule has 282 valence electrons. The normalized spacial score (nSPS) is 41.3. The summed E-state index contributed by atoms with van der Waals surface area (Å²) in [6, 6.07) is 0. The van der Waals surface area contributed by atoms with E-state index in [0.29, 0.717) is 0 Å². The quantitative estimate of drug-likeness (QED) is 0.144. The molecule has 0 aromatic carbocycles. The highest BCUT2D eigenvalue weighted by Crippen LogP contribution is 2.35. The highest BCUT2D eigenvalue weighted by atomic mass is 16.6. The predicted molar refractivity (Wildman–Crippen MR) is 167 cm³/mol. The predicted octanol–water partition coefficient (Wildman–Crippen LogP) is -2.65. The minimum Gasteiger partial charge on any atom is -0.479 e. The maximum atomic E-state index is 10.8. The fraction of sp³-hybridized carbons (Fsp3) is 0.968. The monoisotopic (exact) mass is 690 g/mol. The summed E-state index contributed by atoms with van der Waals surface area (Å²) in [7, 11) is 0.